The predicted octanol–water partition coefficient (Wildman–Crippen LogP) is 8.40. The van der Waals surface area contributed by atoms with Crippen molar-refractivity contribution in [3.8, 4) is 22.3 Å². The highest BCUT2D eigenvalue weighted by Crippen LogP contribution is 2.41. The molecule has 2 N–H and O–H groups in total. The van der Waals surface area contributed by atoms with Gasteiger partial charge in [0.25, 0.3) is 0 Å². The highest BCUT2D eigenvalue weighted by Gasteiger charge is 2.29. The number of aromatic nitrogens is 2. The third kappa shape index (κ3) is 5.71. The average Bonchev–Trinajstić information content (AvgIpc) is 2.97. The summed E-state index contributed by atoms with van der Waals surface area (Å²) in [7, 11) is 0. The summed E-state index contributed by atoms with van der Waals surface area (Å²) >= 11 is 0. The van der Waals surface area contributed by atoms with Crippen LogP contribution in [0.3, 0.4) is 0 Å². The van der Waals surface area contributed by atoms with E-state index in [1.807, 2.05) is 19.3 Å². The van der Waals surface area contributed by atoms with Crippen molar-refractivity contribution in [2.45, 2.75) is 46.1 Å². The first-order valence-corrected chi connectivity index (χ1v) is 12.9. The Balaban J connectivity index is 1.89. The van der Waals surface area contributed by atoms with Gasteiger partial charge in [-0.1, -0.05) is 80.6 Å². The SMILES string of the molecule is CC=CC=C(C)N(c1ccccc1)c1cc(-c2ccc(-c3cncnc3)cc2)ccc1C(N)(CC)CC. The molecule has 4 rings (SSSR count). The van der Waals surface area contributed by atoms with E-state index in [1.54, 1.807) is 6.33 Å². The van der Waals surface area contributed by atoms with Gasteiger partial charge < -0.3 is 10.6 Å². The molecule has 0 saturated heterocycles. The molecule has 0 bridgehead atoms. The van der Waals surface area contributed by atoms with E-state index < -0.39 is 5.54 Å². The quantitative estimate of drug-likeness (QED) is 0.240. The lowest BCUT2D eigenvalue weighted by molar-refractivity contribution is 0.413. The van der Waals surface area contributed by atoms with E-state index in [1.165, 1.54) is 0 Å². The van der Waals surface area contributed by atoms with Crippen molar-refractivity contribution in [3.63, 3.8) is 0 Å². The normalized spacial score (nSPS) is 12.2. The van der Waals surface area contributed by atoms with Crippen molar-refractivity contribution < 1.29 is 0 Å². The molecule has 4 nitrogen and oxygen atoms in total. The molecule has 4 aromatic rings. The minimum absolute atomic E-state index is 0.432. The van der Waals surface area contributed by atoms with Crippen LogP contribution in [0.25, 0.3) is 22.3 Å². The monoisotopic (exact) mass is 488 g/mol. The first kappa shape index (κ1) is 26.1. The fourth-order valence-electron chi connectivity index (χ4n) is 4.67. The van der Waals surface area contributed by atoms with Crippen LogP contribution in [0, 0.1) is 0 Å². The molecule has 0 aliphatic heterocycles. The molecule has 0 radical (unpaired) electrons. The summed E-state index contributed by atoms with van der Waals surface area (Å²) in [6.45, 7) is 8.52. The molecule has 4 heteroatoms. The van der Waals surface area contributed by atoms with E-state index in [4.69, 9.17) is 5.73 Å². The molecule has 1 aromatic heterocycles. The molecule has 3 aromatic carbocycles. The second-order valence-corrected chi connectivity index (χ2v) is 9.30. The molecule has 0 unspecified atom stereocenters. The maximum Gasteiger partial charge on any atom is 0.115 e. The molecule has 0 aliphatic rings. The van der Waals surface area contributed by atoms with E-state index in [2.05, 4.69) is 127 Å². The number of allylic oxidation sites excluding steroid dienone is 4. The maximum atomic E-state index is 7.04. The van der Waals surface area contributed by atoms with Gasteiger partial charge in [0.2, 0.25) is 0 Å². The van der Waals surface area contributed by atoms with Gasteiger partial charge >= 0.3 is 0 Å². The Morgan fingerprint density at radius 1 is 0.838 bits per heavy atom. The van der Waals surface area contributed by atoms with Gasteiger partial charge in [-0.25, -0.2) is 9.97 Å². The summed E-state index contributed by atoms with van der Waals surface area (Å²) in [4.78, 5) is 10.6. The van der Waals surface area contributed by atoms with Crippen LogP contribution in [0.2, 0.25) is 0 Å². The Labute approximate surface area is 221 Å². The van der Waals surface area contributed by atoms with Gasteiger partial charge in [-0.05, 0) is 73.2 Å². The van der Waals surface area contributed by atoms with Crippen LogP contribution in [-0.4, -0.2) is 9.97 Å². The summed E-state index contributed by atoms with van der Waals surface area (Å²) in [5.41, 5.74) is 15.5. The van der Waals surface area contributed by atoms with Crippen LogP contribution in [-0.2, 0) is 5.54 Å². The van der Waals surface area contributed by atoms with E-state index in [9.17, 15) is 0 Å². The van der Waals surface area contributed by atoms with Gasteiger partial charge in [0.05, 0.1) is 5.69 Å². The molecular weight excluding hydrogens is 452 g/mol. The molecule has 0 saturated carbocycles. The van der Waals surface area contributed by atoms with Crippen molar-refractivity contribution in [2.75, 3.05) is 4.90 Å². The number of hydrogen-bond donors (Lipinski definition) is 1. The zero-order chi connectivity index (χ0) is 26.3. The van der Waals surface area contributed by atoms with Crippen molar-refractivity contribution in [1.82, 2.24) is 9.97 Å². The third-order valence-corrected chi connectivity index (χ3v) is 7.05. The van der Waals surface area contributed by atoms with E-state index in [-0.39, 0.29) is 0 Å². The van der Waals surface area contributed by atoms with Gasteiger partial charge in [0, 0.05) is 34.9 Å². The average molecular weight is 489 g/mol. The third-order valence-electron chi connectivity index (χ3n) is 7.05. The zero-order valence-corrected chi connectivity index (χ0v) is 22.2. The maximum absolute atomic E-state index is 7.04. The fraction of sp³-hybridized carbons (Fsp3) is 0.212. The molecular formula is C33H36N4. The van der Waals surface area contributed by atoms with Crippen LogP contribution in [0.1, 0.15) is 46.1 Å². The van der Waals surface area contributed by atoms with Crippen molar-refractivity contribution >= 4 is 11.4 Å². The summed E-state index contributed by atoms with van der Waals surface area (Å²) in [5, 5.41) is 0. The van der Waals surface area contributed by atoms with Gasteiger partial charge in [0.1, 0.15) is 6.33 Å². The Morgan fingerprint density at radius 3 is 2.03 bits per heavy atom. The van der Waals surface area contributed by atoms with E-state index in [0.717, 1.165) is 57.7 Å². The number of nitrogens with zero attached hydrogens (tertiary/aromatic N) is 3. The number of para-hydroxylation sites is 1. The minimum atomic E-state index is -0.432. The van der Waals surface area contributed by atoms with Crippen molar-refractivity contribution in [2.24, 2.45) is 5.73 Å². The molecule has 0 spiro atoms. The predicted molar refractivity (Wildman–Crippen MR) is 157 cm³/mol. The Kier molecular flexibility index (Phi) is 8.32. The smallest absolute Gasteiger partial charge is 0.115 e. The van der Waals surface area contributed by atoms with Gasteiger partial charge in [-0.2, -0.15) is 0 Å². The molecule has 0 atom stereocenters. The molecule has 37 heavy (non-hydrogen) atoms. The molecule has 188 valence electrons. The lowest BCUT2D eigenvalue weighted by atomic mass is 9.83. The van der Waals surface area contributed by atoms with E-state index in [0.29, 0.717) is 0 Å². The second kappa shape index (κ2) is 11.8. The number of anilines is 2. The summed E-state index contributed by atoms with van der Waals surface area (Å²) in [6, 6.07) is 25.8. The van der Waals surface area contributed by atoms with Gasteiger partial charge in [0.15, 0.2) is 0 Å². The van der Waals surface area contributed by atoms with Gasteiger partial charge in [-0.15, -0.1) is 0 Å². The van der Waals surface area contributed by atoms with Crippen molar-refractivity contribution in [3.05, 3.63) is 121 Å². The van der Waals surface area contributed by atoms with Crippen molar-refractivity contribution in [1.29, 1.82) is 0 Å². The fourth-order valence-corrected chi connectivity index (χ4v) is 4.67. The lowest BCUT2D eigenvalue weighted by Gasteiger charge is -2.35. The van der Waals surface area contributed by atoms with Crippen LogP contribution in [0.15, 0.2) is 115 Å². The largest absolute Gasteiger partial charge is 0.321 e. The van der Waals surface area contributed by atoms with Crippen LogP contribution in [0.5, 0.6) is 0 Å². The highest BCUT2D eigenvalue weighted by atomic mass is 15.1. The molecule has 0 amide bonds. The minimum Gasteiger partial charge on any atom is -0.321 e. The highest BCUT2D eigenvalue weighted by molar-refractivity contribution is 5.79. The first-order chi connectivity index (χ1) is 18.0. The standard InChI is InChI=1S/C33H36N4/c1-5-8-12-25(4)37(30-13-10-9-11-14-30)32-21-28(19-20-31(32)33(34,6-2)7-3)26-15-17-27(18-16-26)29-22-35-24-36-23-29/h5,8-24H,6-7,34H2,1-4H3. The zero-order valence-electron chi connectivity index (χ0n) is 22.2. The number of benzene rings is 3. The Morgan fingerprint density at radius 2 is 1.43 bits per heavy atom. The van der Waals surface area contributed by atoms with Crippen LogP contribution < -0.4 is 10.6 Å². The van der Waals surface area contributed by atoms with Crippen LogP contribution >= 0.6 is 0 Å². The Bertz CT molecular complexity index is 1350. The molecule has 1 heterocycles. The summed E-state index contributed by atoms with van der Waals surface area (Å²) < 4.78 is 0. The number of rotatable bonds is 9. The summed E-state index contributed by atoms with van der Waals surface area (Å²) in [5.74, 6) is 0. The Hall–Kier alpha value is -4.02. The topological polar surface area (TPSA) is 55.0 Å². The molecule has 0 aliphatic carbocycles. The summed E-state index contributed by atoms with van der Waals surface area (Å²) in [6.07, 6.45) is 13.2. The number of hydrogen-bond acceptors (Lipinski definition) is 4. The molecule has 0 fully saturated rings. The van der Waals surface area contributed by atoms with E-state index >= 15 is 0 Å². The van der Waals surface area contributed by atoms with Gasteiger partial charge in [-0.3, -0.25) is 0 Å². The second-order valence-electron chi connectivity index (χ2n) is 9.30. The number of nitrogens with two attached hydrogens (primary N) is 1. The lowest BCUT2D eigenvalue weighted by Crippen LogP contribution is -2.36. The van der Waals surface area contributed by atoms with Crippen LogP contribution in [0.4, 0.5) is 11.4 Å². The first-order valence-electron chi connectivity index (χ1n) is 12.9.